The van der Waals surface area contributed by atoms with Gasteiger partial charge >= 0.3 is 0 Å². The molecule has 0 aromatic carbocycles. The number of hydrogen-bond acceptors (Lipinski definition) is 10. The van der Waals surface area contributed by atoms with Crippen LogP contribution in [0.3, 0.4) is 0 Å². The zero-order chi connectivity index (χ0) is 34.6. The summed E-state index contributed by atoms with van der Waals surface area (Å²) >= 11 is 13.4. The van der Waals surface area contributed by atoms with E-state index in [0.29, 0.717) is 116 Å². The number of rotatable bonds is 25. The van der Waals surface area contributed by atoms with E-state index >= 15 is 0 Å². The van der Waals surface area contributed by atoms with Gasteiger partial charge in [-0.1, -0.05) is 0 Å². The number of ether oxygens (including phenoxy) is 6. The lowest BCUT2D eigenvalue weighted by Gasteiger charge is -2.51. The van der Waals surface area contributed by atoms with Gasteiger partial charge in [0.2, 0.25) is 15.9 Å². The summed E-state index contributed by atoms with van der Waals surface area (Å²) in [7, 11) is -1.21. The molecule has 1 heterocycles. The van der Waals surface area contributed by atoms with Crippen molar-refractivity contribution in [2.24, 2.45) is 23.7 Å². The molecule has 5 atom stereocenters. The van der Waals surface area contributed by atoms with Crippen molar-refractivity contribution in [2.45, 2.75) is 67.9 Å². The average Bonchev–Trinajstić information content (AvgIpc) is 3.06. The average molecular weight is 747 g/mol. The first-order valence-electron chi connectivity index (χ1n) is 17.9. The normalized spacial score (nSPS) is 28.3. The summed E-state index contributed by atoms with van der Waals surface area (Å²) in [5.74, 6) is 1.98. The fourth-order valence-electron chi connectivity index (χ4n) is 7.27. The number of halogens is 2. The second kappa shape index (κ2) is 24.0. The Morgan fingerprint density at radius 2 is 1.25 bits per heavy atom. The third-order valence-corrected chi connectivity index (χ3v) is 12.5. The van der Waals surface area contributed by atoms with Gasteiger partial charge < -0.3 is 38.6 Å². The molecule has 2 N–H and O–H groups in total. The topological polar surface area (TPSA) is 134 Å². The van der Waals surface area contributed by atoms with Crippen molar-refractivity contribution < 1.29 is 41.6 Å². The lowest BCUT2D eigenvalue weighted by atomic mass is 9.63. The molecular weight excluding hydrogens is 685 g/mol. The quantitative estimate of drug-likeness (QED) is 0.106. The molecule has 15 heteroatoms. The van der Waals surface area contributed by atoms with Crippen LogP contribution in [0.15, 0.2) is 0 Å². The highest BCUT2D eigenvalue weighted by Crippen LogP contribution is 2.48. The largest absolute Gasteiger partial charge is 0.379 e. The highest BCUT2D eigenvalue weighted by molar-refractivity contribution is 7.90. The van der Waals surface area contributed by atoms with Crippen LogP contribution in [0.5, 0.6) is 0 Å². The maximum absolute atomic E-state index is 13.0. The van der Waals surface area contributed by atoms with Crippen molar-refractivity contribution in [1.29, 1.82) is 0 Å². The summed E-state index contributed by atoms with van der Waals surface area (Å²) in [6.07, 6.45) is 5.44. The number of likely N-dealkylation sites (tertiary alicyclic amines) is 1. The van der Waals surface area contributed by atoms with Crippen molar-refractivity contribution in [1.82, 2.24) is 14.9 Å². The van der Waals surface area contributed by atoms with E-state index in [1.807, 2.05) is 6.92 Å². The summed E-state index contributed by atoms with van der Waals surface area (Å²) in [6, 6.07) is 0. The fourth-order valence-corrected chi connectivity index (χ4v) is 9.73. The number of nitrogens with one attached hydrogen (secondary N) is 2. The van der Waals surface area contributed by atoms with Gasteiger partial charge in [-0.15, -0.1) is 23.2 Å². The van der Waals surface area contributed by atoms with Crippen LogP contribution in [-0.2, 0) is 43.2 Å². The van der Waals surface area contributed by atoms with Crippen molar-refractivity contribution in [3.8, 4) is 0 Å². The maximum Gasteiger partial charge on any atom is 0.222 e. The van der Waals surface area contributed by atoms with E-state index in [2.05, 4.69) is 22.0 Å². The lowest BCUT2D eigenvalue weighted by molar-refractivity contribution is -0.122. The summed E-state index contributed by atoms with van der Waals surface area (Å²) < 4.78 is 61.1. The zero-order valence-corrected chi connectivity index (χ0v) is 31.4. The molecule has 0 spiro atoms. The molecule has 5 unspecified atom stereocenters. The molecule has 3 rings (SSSR count). The lowest BCUT2D eigenvalue weighted by Crippen LogP contribution is -2.53. The molecule has 0 aromatic rings. The molecule has 2 aliphatic carbocycles. The summed E-state index contributed by atoms with van der Waals surface area (Å²) in [5.41, 5.74) is 0. The number of alkyl halides is 2. The maximum atomic E-state index is 13.0. The van der Waals surface area contributed by atoms with Crippen LogP contribution in [0, 0.1) is 23.7 Å². The number of nitrogens with zero attached hydrogens (tertiary/aromatic N) is 1. The molecule has 1 aliphatic heterocycles. The first-order valence-corrected chi connectivity index (χ1v) is 20.3. The van der Waals surface area contributed by atoms with Crippen molar-refractivity contribution in [2.75, 3.05) is 113 Å². The minimum atomic E-state index is -3.39. The van der Waals surface area contributed by atoms with E-state index in [4.69, 9.17) is 51.6 Å². The Hall–Kier alpha value is -0.320. The monoisotopic (exact) mass is 745 g/mol. The molecule has 3 fully saturated rings. The predicted molar refractivity (Wildman–Crippen MR) is 187 cm³/mol. The van der Waals surface area contributed by atoms with Gasteiger partial charge in [0.1, 0.15) is 0 Å². The van der Waals surface area contributed by atoms with Gasteiger partial charge in [-0.25, -0.2) is 13.1 Å². The Morgan fingerprint density at radius 3 is 1.88 bits per heavy atom. The molecule has 282 valence electrons. The predicted octanol–water partition coefficient (Wildman–Crippen LogP) is 2.89. The molecule has 48 heavy (non-hydrogen) atoms. The molecule has 2 saturated carbocycles. The van der Waals surface area contributed by atoms with Crippen molar-refractivity contribution in [3.63, 3.8) is 0 Å². The van der Waals surface area contributed by atoms with Crippen LogP contribution >= 0.6 is 23.2 Å². The van der Waals surface area contributed by atoms with Gasteiger partial charge in [0.25, 0.3) is 0 Å². The summed E-state index contributed by atoms with van der Waals surface area (Å²) in [6.45, 7) is 10.00. The van der Waals surface area contributed by atoms with Gasteiger partial charge in [0.15, 0.2) is 0 Å². The Kier molecular flexibility index (Phi) is 21.1. The van der Waals surface area contributed by atoms with Crippen molar-refractivity contribution in [3.05, 3.63) is 0 Å². The highest BCUT2D eigenvalue weighted by atomic mass is 35.5. The Labute approximate surface area is 298 Å². The zero-order valence-electron chi connectivity index (χ0n) is 29.1. The first-order chi connectivity index (χ1) is 23.2. The minimum Gasteiger partial charge on any atom is -0.379 e. The van der Waals surface area contributed by atoms with Gasteiger partial charge in [-0.2, -0.15) is 0 Å². The second-order valence-electron chi connectivity index (χ2n) is 13.1. The fraction of sp³-hybridized carbons (Fsp3) is 0.970. The van der Waals surface area contributed by atoms with E-state index in [1.54, 1.807) is 0 Å². The van der Waals surface area contributed by atoms with Crippen LogP contribution in [-0.4, -0.2) is 148 Å². The molecule has 0 aromatic heterocycles. The van der Waals surface area contributed by atoms with Crippen LogP contribution < -0.4 is 10.0 Å². The third-order valence-electron chi connectivity index (χ3n) is 9.67. The van der Waals surface area contributed by atoms with Crippen LogP contribution in [0.25, 0.3) is 0 Å². The smallest absolute Gasteiger partial charge is 0.222 e. The van der Waals surface area contributed by atoms with Crippen molar-refractivity contribution >= 4 is 39.1 Å². The van der Waals surface area contributed by atoms with Gasteiger partial charge in [-0.05, 0) is 76.2 Å². The molecule has 12 nitrogen and oxygen atoms in total. The second-order valence-corrected chi connectivity index (χ2v) is 16.4. The summed E-state index contributed by atoms with van der Waals surface area (Å²) in [5, 5.41) is 2.71. The number of sulfonamides is 1. The number of hydrogen-bond donors (Lipinski definition) is 2. The highest BCUT2D eigenvalue weighted by Gasteiger charge is 2.47. The summed E-state index contributed by atoms with van der Waals surface area (Å²) in [4.78, 5) is 14.2. The number of amides is 1. The molecule has 0 bridgehead atoms. The standard InChI is InChI=1S/C33H61Cl2N3O9S/c1-3-42-14-15-46-19-16-43-11-8-33(39)36-9-12-44-17-20-47-21-18-45-13-10-37-48(40,41)28-6-4-26(5-7-28)30-24-38(2)25-31-29(30)22-27(34)23-32(31)35/h26-32,37H,3-25H2,1-2H3,(H,36,39). The molecule has 0 radical (unpaired) electrons. The van der Waals surface area contributed by atoms with E-state index in [1.165, 1.54) is 0 Å². The Morgan fingerprint density at radius 1 is 0.708 bits per heavy atom. The third kappa shape index (κ3) is 15.9. The molecule has 1 saturated heterocycles. The van der Waals surface area contributed by atoms with Gasteiger partial charge in [0.05, 0.1) is 77.9 Å². The van der Waals surface area contributed by atoms with Gasteiger partial charge in [0, 0.05) is 50.0 Å². The SMILES string of the molecule is CCOCCOCCOCCC(=O)NCCOCCOCCOCCNS(=O)(=O)C1CCC(C2CN(C)CC3C(Cl)CC(Cl)CC32)CC1. The molecular formula is C33H61Cl2N3O9S. The van der Waals surface area contributed by atoms with E-state index in [9.17, 15) is 13.2 Å². The number of carbonyl (C=O) groups excluding carboxylic acids is 1. The van der Waals surface area contributed by atoms with E-state index < -0.39 is 10.0 Å². The van der Waals surface area contributed by atoms with E-state index in [-0.39, 0.29) is 41.5 Å². The number of carbonyl (C=O) groups is 1. The molecule has 3 aliphatic rings. The minimum absolute atomic E-state index is 0.0875. The Balaban J connectivity index is 1.12. The van der Waals surface area contributed by atoms with Gasteiger partial charge in [-0.3, -0.25) is 4.79 Å². The first kappa shape index (κ1) is 42.1. The number of piperidine rings is 1. The molecule has 1 amide bonds. The van der Waals surface area contributed by atoms with Crippen LogP contribution in [0.1, 0.15) is 51.9 Å². The van der Waals surface area contributed by atoms with Crippen LogP contribution in [0.2, 0.25) is 0 Å². The Bertz CT molecular complexity index is 978. The van der Waals surface area contributed by atoms with Crippen LogP contribution in [0.4, 0.5) is 0 Å². The van der Waals surface area contributed by atoms with E-state index in [0.717, 1.165) is 38.8 Å². The number of fused-ring (bicyclic) bond motifs is 1.